The smallest absolute Gasteiger partial charge is 0.257 e. The second-order valence-electron chi connectivity index (χ2n) is 8.93. The van der Waals surface area contributed by atoms with Crippen molar-refractivity contribution in [1.29, 1.82) is 0 Å². The molecular weight excluding hydrogens is 456 g/mol. The Bertz CT molecular complexity index is 1080. The number of fused-ring (bicyclic) bond motifs is 1. The van der Waals surface area contributed by atoms with Crippen molar-refractivity contribution < 1.29 is 22.7 Å². The third kappa shape index (κ3) is 6.91. The van der Waals surface area contributed by atoms with Gasteiger partial charge in [-0.1, -0.05) is 13.0 Å². The number of anilines is 1. The number of hydrogen-bond acceptors (Lipinski definition) is 7. The van der Waals surface area contributed by atoms with Crippen LogP contribution >= 0.6 is 0 Å². The van der Waals surface area contributed by atoms with Crippen LogP contribution in [0, 0.1) is 5.92 Å². The number of sulfonamides is 1. The average Bonchev–Trinajstić information content (AvgIpc) is 2.79. The van der Waals surface area contributed by atoms with E-state index >= 15 is 0 Å². The lowest BCUT2D eigenvalue weighted by molar-refractivity contribution is 0.00901. The first-order valence-electron chi connectivity index (χ1n) is 11.2. The van der Waals surface area contributed by atoms with Gasteiger partial charge in [0.05, 0.1) is 23.6 Å². The molecule has 1 aliphatic rings. The van der Waals surface area contributed by atoms with Crippen molar-refractivity contribution in [3.05, 3.63) is 53.9 Å². The molecule has 1 aromatic heterocycles. The third-order valence-electron chi connectivity index (χ3n) is 5.97. The van der Waals surface area contributed by atoms with Crippen LogP contribution < -0.4 is 9.46 Å². The van der Waals surface area contributed by atoms with Crippen LogP contribution in [0.3, 0.4) is 0 Å². The van der Waals surface area contributed by atoms with Crippen LogP contribution in [0.25, 0.3) is 0 Å². The molecule has 1 amide bonds. The quantitative estimate of drug-likeness (QED) is 0.687. The Hall–Kier alpha value is -2.69. The second kappa shape index (κ2) is 11.2. The van der Waals surface area contributed by atoms with Crippen LogP contribution in [-0.2, 0) is 21.3 Å². The lowest BCUT2D eigenvalue weighted by atomic mass is 10.0. The highest BCUT2D eigenvalue weighted by molar-refractivity contribution is 7.92. The van der Waals surface area contributed by atoms with Gasteiger partial charge in [0.25, 0.3) is 5.91 Å². The molecule has 2 heterocycles. The summed E-state index contributed by atoms with van der Waals surface area (Å²) in [6.45, 7) is 6.32. The summed E-state index contributed by atoms with van der Waals surface area (Å²) in [5.41, 5.74) is 1.56. The van der Waals surface area contributed by atoms with Gasteiger partial charge in [0, 0.05) is 51.7 Å². The number of likely N-dealkylation sites (N-methyl/N-ethyl adjacent to an activating group) is 1. The number of carbonyl (C=O) groups excluding carboxylic acids is 1. The number of ether oxygens (including phenoxy) is 2. The molecule has 9 nitrogen and oxygen atoms in total. The topological polar surface area (TPSA) is 101 Å². The molecule has 0 unspecified atom stereocenters. The van der Waals surface area contributed by atoms with Gasteiger partial charge in [-0.25, -0.2) is 8.42 Å². The Labute approximate surface area is 202 Å². The van der Waals surface area contributed by atoms with Crippen molar-refractivity contribution in [3.63, 3.8) is 0 Å². The van der Waals surface area contributed by atoms with E-state index in [1.807, 2.05) is 18.2 Å². The number of hydrogen-bond donors (Lipinski definition) is 1. The molecule has 0 fully saturated rings. The fourth-order valence-corrected chi connectivity index (χ4v) is 4.60. The fraction of sp³-hybridized carbons (Fsp3) is 0.500. The summed E-state index contributed by atoms with van der Waals surface area (Å²) in [4.78, 5) is 21.7. The van der Waals surface area contributed by atoms with Crippen molar-refractivity contribution in [1.82, 2.24) is 14.8 Å². The molecule has 0 radical (unpaired) electrons. The normalized spacial score (nSPS) is 22.8. The molecule has 2 aromatic rings. The minimum absolute atomic E-state index is 0.0240. The molecule has 3 atom stereocenters. The van der Waals surface area contributed by atoms with Gasteiger partial charge in [-0.3, -0.25) is 19.4 Å². The van der Waals surface area contributed by atoms with E-state index in [0.717, 1.165) is 18.5 Å². The fourth-order valence-electron chi connectivity index (χ4n) is 4.05. The maximum absolute atomic E-state index is 13.3. The second-order valence-corrected chi connectivity index (χ2v) is 10.7. The molecule has 0 aliphatic carbocycles. The van der Waals surface area contributed by atoms with Crippen molar-refractivity contribution in [2.75, 3.05) is 44.8 Å². The summed E-state index contributed by atoms with van der Waals surface area (Å²) < 4.78 is 37.7. The number of aromatic nitrogens is 1. The predicted octanol–water partition coefficient (Wildman–Crippen LogP) is 2.46. The van der Waals surface area contributed by atoms with E-state index in [-0.39, 0.29) is 24.0 Å². The number of methoxy groups -OCH3 is 1. The summed E-state index contributed by atoms with van der Waals surface area (Å²) in [6, 6.07) is 10.6. The van der Waals surface area contributed by atoms with Gasteiger partial charge in [0.15, 0.2) is 0 Å². The highest BCUT2D eigenvalue weighted by Gasteiger charge is 2.28. The molecule has 0 bridgehead atoms. The lowest BCUT2D eigenvalue weighted by Gasteiger charge is -2.35. The Balaban J connectivity index is 1.96. The van der Waals surface area contributed by atoms with E-state index in [2.05, 4.69) is 28.5 Å². The molecular formula is C24H34N4O5S. The predicted molar refractivity (Wildman–Crippen MR) is 131 cm³/mol. The van der Waals surface area contributed by atoms with Crippen molar-refractivity contribution in [3.8, 4) is 5.75 Å². The van der Waals surface area contributed by atoms with Crippen molar-refractivity contribution in [2.45, 2.75) is 32.5 Å². The van der Waals surface area contributed by atoms with E-state index < -0.39 is 10.0 Å². The lowest BCUT2D eigenvalue weighted by Crippen LogP contribution is -2.46. The molecule has 0 spiro atoms. The highest BCUT2D eigenvalue weighted by Crippen LogP contribution is 2.27. The van der Waals surface area contributed by atoms with Crippen LogP contribution in [0.5, 0.6) is 5.75 Å². The molecule has 0 saturated heterocycles. The number of nitrogens with one attached hydrogen (secondary N) is 1. The van der Waals surface area contributed by atoms with E-state index in [0.29, 0.717) is 36.7 Å². The Morgan fingerprint density at radius 3 is 2.62 bits per heavy atom. The zero-order valence-corrected chi connectivity index (χ0v) is 21.2. The number of rotatable bonds is 5. The van der Waals surface area contributed by atoms with Crippen LogP contribution in [-0.4, -0.2) is 81.4 Å². The maximum Gasteiger partial charge on any atom is 0.257 e. The molecule has 1 N–H and O–H groups in total. The molecule has 1 aromatic carbocycles. The van der Waals surface area contributed by atoms with Crippen molar-refractivity contribution in [2.24, 2.45) is 5.92 Å². The minimum Gasteiger partial charge on any atom is -0.491 e. The molecule has 34 heavy (non-hydrogen) atoms. The van der Waals surface area contributed by atoms with Crippen LogP contribution in [0.1, 0.15) is 29.9 Å². The Kier molecular flexibility index (Phi) is 8.51. The third-order valence-corrected chi connectivity index (χ3v) is 6.57. The number of benzene rings is 1. The van der Waals surface area contributed by atoms with E-state index in [4.69, 9.17) is 9.47 Å². The average molecular weight is 491 g/mol. The zero-order valence-electron chi connectivity index (χ0n) is 20.4. The Morgan fingerprint density at radius 2 is 1.97 bits per heavy atom. The molecule has 1 aliphatic heterocycles. The summed E-state index contributed by atoms with van der Waals surface area (Å²) >= 11 is 0. The number of amides is 1. The van der Waals surface area contributed by atoms with Crippen molar-refractivity contribution >= 4 is 21.6 Å². The molecule has 186 valence electrons. The van der Waals surface area contributed by atoms with E-state index in [1.165, 1.54) is 6.07 Å². The molecule has 10 heteroatoms. The van der Waals surface area contributed by atoms with Gasteiger partial charge in [-0.2, -0.15) is 0 Å². The zero-order chi connectivity index (χ0) is 24.9. The standard InChI is InChI=1S/C24H34N4O5S/c1-17-13-28(14-20-8-6-7-11-25-20)18(2)16-33-22-10-9-19(26-34(5,30)31)12-21(22)24(29)27(3)15-23(17)32-4/h6-12,17-18,23,26H,13-16H2,1-5H3/t17-,18+,23+/m0/s1. The van der Waals surface area contributed by atoms with Gasteiger partial charge in [0.1, 0.15) is 12.4 Å². The summed E-state index contributed by atoms with van der Waals surface area (Å²) in [5.74, 6) is 0.270. The highest BCUT2D eigenvalue weighted by atomic mass is 32.2. The van der Waals surface area contributed by atoms with Gasteiger partial charge in [-0.05, 0) is 43.2 Å². The van der Waals surface area contributed by atoms with Gasteiger partial charge < -0.3 is 14.4 Å². The van der Waals surface area contributed by atoms with Crippen LogP contribution in [0.15, 0.2) is 42.6 Å². The molecule has 3 rings (SSSR count). The summed E-state index contributed by atoms with van der Waals surface area (Å²) in [7, 11) is -0.123. The van der Waals surface area contributed by atoms with E-state index in [1.54, 1.807) is 37.4 Å². The minimum atomic E-state index is -3.49. The number of carbonyl (C=O) groups is 1. The van der Waals surface area contributed by atoms with E-state index in [9.17, 15) is 13.2 Å². The maximum atomic E-state index is 13.3. The van der Waals surface area contributed by atoms with Gasteiger partial charge in [-0.15, -0.1) is 0 Å². The Morgan fingerprint density at radius 1 is 1.21 bits per heavy atom. The van der Waals surface area contributed by atoms with Gasteiger partial charge in [0.2, 0.25) is 10.0 Å². The van der Waals surface area contributed by atoms with Gasteiger partial charge >= 0.3 is 0 Å². The summed E-state index contributed by atoms with van der Waals surface area (Å²) in [6.07, 6.45) is 2.67. The largest absolute Gasteiger partial charge is 0.491 e. The number of pyridine rings is 1. The number of nitrogens with zero attached hydrogens (tertiary/aromatic N) is 3. The SMILES string of the molecule is CO[C@@H]1CN(C)C(=O)c2cc(NS(C)(=O)=O)ccc2OC[C@@H](C)N(Cc2ccccn2)C[C@@H]1C. The first-order valence-corrected chi connectivity index (χ1v) is 13.1. The van der Waals surface area contributed by atoms with Crippen LogP contribution in [0.4, 0.5) is 5.69 Å². The first-order chi connectivity index (χ1) is 16.1. The molecule has 0 saturated carbocycles. The monoisotopic (exact) mass is 490 g/mol. The first kappa shape index (κ1) is 25.9. The van der Waals surface area contributed by atoms with Crippen LogP contribution in [0.2, 0.25) is 0 Å². The summed E-state index contributed by atoms with van der Waals surface area (Å²) in [5, 5.41) is 0.